The van der Waals surface area contributed by atoms with Crippen LogP contribution in [0, 0.1) is 0 Å². The van der Waals surface area contributed by atoms with Gasteiger partial charge in [-0.05, 0) is 12.1 Å². The third-order valence-corrected chi connectivity index (χ3v) is 6.47. The van der Waals surface area contributed by atoms with Crippen LogP contribution in [0.5, 0.6) is 11.5 Å². The second kappa shape index (κ2) is 7.19. The molecule has 0 fully saturated rings. The lowest BCUT2D eigenvalue weighted by molar-refractivity contribution is 0.174. The van der Waals surface area contributed by atoms with Gasteiger partial charge in [-0.15, -0.1) is 0 Å². The second-order valence-corrected chi connectivity index (χ2v) is 8.87. The van der Waals surface area contributed by atoms with Gasteiger partial charge in [0.2, 0.25) is 14.1 Å². The number of hydrogen-bond donors (Lipinski definition) is 1. The number of hydrogen-bond acceptors (Lipinski definition) is 4. The van der Waals surface area contributed by atoms with E-state index >= 15 is 0 Å². The molecule has 2 heterocycles. The summed E-state index contributed by atoms with van der Waals surface area (Å²) in [4.78, 5) is 0. The summed E-state index contributed by atoms with van der Waals surface area (Å²) in [5.74, 6) is 5.77. The van der Waals surface area contributed by atoms with Crippen LogP contribution in [0.4, 0.5) is 5.69 Å². The lowest BCUT2D eigenvalue weighted by Crippen LogP contribution is -2.03. The first-order valence-corrected chi connectivity index (χ1v) is 11.0. The zero-order chi connectivity index (χ0) is 19.7. The fourth-order valence-corrected chi connectivity index (χ4v) is 5.11. The van der Waals surface area contributed by atoms with Crippen molar-refractivity contribution in [2.45, 2.75) is 0 Å². The predicted molar refractivity (Wildman–Crippen MR) is 114 cm³/mol. The quantitative estimate of drug-likeness (QED) is 0.531. The molecule has 5 nitrogen and oxygen atoms in total. The highest BCUT2D eigenvalue weighted by Gasteiger charge is 2.27. The molecular formula is C23H18NO4P. The molecule has 0 amide bonds. The molecule has 5 rings (SSSR count). The Balaban J connectivity index is 1.55. The predicted octanol–water partition coefficient (Wildman–Crippen LogP) is 6.13. The van der Waals surface area contributed by atoms with E-state index in [4.69, 9.17) is 14.2 Å². The van der Waals surface area contributed by atoms with Crippen LogP contribution in [0.2, 0.25) is 0 Å². The van der Waals surface area contributed by atoms with E-state index < -0.39 is 7.29 Å². The number of fused-ring (bicyclic) bond motifs is 1. The van der Waals surface area contributed by atoms with E-state index in [1.807, 2.05) is 66.7 Å². The molecule has 0 aliphatic carbocycles. The van der Waals surface area contributed by atoms with Gasteiger partial charge < -0.3 is 19.3 Å². The minimum absolute atomic E-state index is 0.195. The Hall–Kier alpha value is -3.43. The Labute approximate surface area is 168 Å². The average Bonchev–Trinajstić information content (AvgIpc) is 3.22. The molecule has 2 aliphatic heterocycles. The van der Waals surface area contributed by atoms with E-state index in [1.165, 1.54) is 0 Å². The number of anilines is 1. The monoisotopic (exact) mass is 403 g/mol. The molecule has 1 N–H and O–H groups in total. The maximum atomic E-state index is 13.9. The second-order valence-electron chi connectivity index (χ2n) is 6.71. The molecule has 144 valence electrons. The first kappa shape index (κ1) is 17.7. The molecule has 0 saturated carbocycles. The van der Waals surface area contributed by atoms with E-state index in [9.17, 15) is 4.57 Å². The number of benzene rings is 3. The van der Waals surface area contributed by atoms with E-state index in [0.29, 0.717) is 28.7 Å². The third kappa shape index (κ3) is 3.65. The van der Waals surface area contributed by atoms with Crippen LogP contribution in [0.1, 0.15) is 11.1 Å². The molecular weight excluding hydrogens is 385 g/mol. The summed E-state index contributed by atoms with van der Waals surface area (Å²) in [6, 6.07) is 24.7. The fraction of sp³-hybridized carbons (Fsp3) is 0.0435. The third-order valence-electron chi connectivity index (χ3n) is 4.63. The molecule has 3 aromatic rings. The Morgan fingerprint density at radius 2 is 1.31 bits per heavy atom. The highest BCUT2D eigenvalue weighted by molar-refractivity contribution is 7.72. The Bertz CT molecular complexity index is 1100. The van der Waals surface area contributed by atoms with Gasteiger partial charge in [0.1, 0.15) is 11.5 Å². The van der Waals surface area contributed by atoms with Crippen LogP contribution in [-0.2, 0) is 9.30 Å². The van der Waals surface area contributed by atoms with E-state index in [-0.39, 0.29) is 6.79 Å². The lowest BCUT2D eigenvalue weighted by atomic mass is 10.2. The van der Waals surface area contributed by atoms with Gasteiger partial charge >= 0.3 is 0 Å². The van der Waals surface area contributed by atoms with Crippen LogP contribution < -0.4 is 14.6 Å². The fourth-order valence-electron chi connectivity index (χ4n) is 3.26. The number of ether oxygens (including phenoxy) is 3. The van der Waals surface area contributed by atoms with Gasteiger partial charge in [-0.2, -0.15) is 0 Å². The Morgan fingerprint density at radius 1 is 0.724 bits per heavy atom. The largest absolute Gasteiger partial charge is 0.456 e. The Morgan fingerprint density at radius 3 is 1.93 bits per heavy atom. The van der Waals surface area contributed by atoms with Gasteiger partial charge in [0.25, 0.3) is 0 Å². The molecule has 2 aliphatic rings. The smallest absolute Gasteiger partial charge is 0.231 e. The van der Waals surface area contributed by atoms with Gasteiger partial charge in [0.15, 0.2) is 11.5 Å². The van der Waals surface area contributed by atoms with Gasteiger partial charge in [0.05, 0.1) is 0 Å². The topological polar surface area (TPSA) is 56.8 Å². The molecule has 0 atom stereocenters. The van der Waals surface area contributed by atoms with Gasteiger partial charge in [-0.3, -0.25) is 4.57 Å². The van der Waals surface area contributed by atoms with Crippen LogP contribution >= 0.6 is 7.29 Å². The average molecular weight is 403 g/mol. The van der Waals surface area contributed by atoms with Crippen LogP contribution in [-0.4, -0.2) is 6.79 Å². The maximum Gasteiger partial charge on any atom is 0.231 e. The van der Waals surface area contributed by atoms with E-state index in [1.54, 1.807) is 23.8 Å². The van der Waals surface area contributed by atoms with Crippen molar-refractivity contribution in [3.05, 3.63) is 102 Å². The van der Waals surface area contributed by atoms with Gasteiger partial charge in [-0.25, -0.2) is 0 Å². The first-order chi connectivity index (χ1) is 14.2. The first-order valence-electron chi connectivity index (χ1n) is 9.20. The standard InChI is InChI=1S/C23H18NO4P/c25-29(24-19-11-12-20-21(13-19)27-16-26-20)14-22(17-7-3-1-4-8-17)28-23(15-29)18-9-5-2-6-10-18/h1-15H,16H2,(H,24,25). The molecule has 0 aromatic heterocycles. The van der Waals surface area contributed by atoms with Crippen molar-refractivity contribution in [2.75, 3.05) is 11.9 Å². The minimum Gasteiger partial charge on any atom is -0.456 e. The van der Waals surface area contributed by atoms with Crippen molar-refractivity contribution in [1.82, 2.24) is 0 Å². The molecule has 0 radical (unpaired) electrons. The summed E-state index contributed by atoms with van der Waals surface area (Å²) in [5.41, 5.74) is 2.41. The molecule has 0 saturated heterocycles. The zero-order valence-corrected chi connectivity index (χ0v) is 16.3. The maximum absolute atomic E-state index is 13.9. The molecule has 0 spiro atoms. The molecule has 3 aromatic carbocycles. The van der Waals surface area contributed by atoms with Crippen LogP contribution in [0.3, 0.4) is 0 Å². The van der Waals surface area contributed by atoms with Gasteiger partial charge in [-0.1, -0.05) is 60.7 Å². The van der Waals surface area contributed by atoms with Gasteiger partial charge in [0, 0.05) is 34.5 Å². The highest BCUT2D eigenvalue weighted by Crippen LogP contribution is 2.56. The summed E-state index contributed by atoms with van der Waals surface area (Å²) in [6.45, 7) is 0.195. The van der Waals surface area contributed by atoms with Crippen molar-refractivity contribution < 1.29 is 18.8 Å². The zero-order valence-electron chi connectivity index (χ0n) is 15.4. The molecule has 29 heavy (non-hydrogen) atoms. The number of nitrogens with one attached hydrogen (secondary N) is 1. The molecule has 0 bridgehead atoms. The summed E-state index contributed by atoms with van der Waals surface area (Å²) in [7, 11) is -3.10. The normalized spacial score (nSPS) is 16.4. The minimum atomic E-state index is -3.10. The van der Waals surface area contributed by atoms with Crippen molar-refractivity contribution in [2.24, 2.45) is 0 Å². The van der Waals surface area contributed by atoms with Crippen molar-refractivity contribution >= 4 is 24.5 Å². The van der Waals surface area contributed by atoms with Crippen LogP contribution in [0.15, 0.2) is 90.5 Å². The SMILES string of the molecule is O=P1(Nc2ccc3c(c2)OCO3)C=C(c2ccccc2)OC(c2ccccc2)=C1. The highest BCUT2D eigenvalue weighted by atomic mass is 31.2. The summed E-state index contributed by atoms with van der Waals surface area (Å²) < 4.78 is 30.8. The molecule has 0 unspecified atom stereocenters. The molecule has 6 heteroatoms. The van der Waals surface area contributed by atoms with Crippen molar-refractivity contribution in [3.63, 3.8) is 0 Å². The van der Waals surface area contributed by atoms with E-state index in [0.717, 1.165) is 11.1 Å². The number of rotatable bonds is 4. The lowest BCUT2D eigenvalue weighted by Gasteiger charge is -2.24. The summed E-state index contributed by atoms with van der Waals surface area (Å²) in [5, 5.41) is 3.17. The van der Waals surface area contributed by atoms with Crippen molar-refractivity contribution in [1.29, 1.82) is 0 Å². The Kier molecular flexibility index (Phi) is 4.38. The summed E-state index contributed by atoms with van der Waals surface area (Å²) in [6.07, 6.45) is 0. The van der Waals surface area contributed by atoms with Crippen LogP contribution in [0.25, 0.3) is 11.5 Å². The van der Waals surface area contributed by atoms with E-state index in [2.05, 4.69) is 5.09 Å². The summed E-state index contributed by atoms with van der Waals surface area (Å²) >= 11 is 0. The van der Waals surface area contributed by atoms with Crippen molar-refractivity contribution in [3.8, 4) is 11.5 Å².